The Morgan fingerprint density at radius 3 is 2.17 bits per heavy atom. The smallest absolute Gasteiger partial charge is 0.148 e. The van der Waals surface area contributed by atoms with Crippen LogP contribution in [0.15, 0.2) is 23.2 Å². The van der Waals surface area contributed by atoms with Crippen LogP contribution in [0.1, 0.15) is 85.5 Å². The predicted octanol–water partition coefficient (Wildman–Crippen LogP) is 6.62. The number of aliphatic imine (C=N–C) groups is 1. The molecule has 170 valence electrons. The van der Waals surface area contributed by atoms with Crippen LogP contribution in [0.3, 0.4) is 0 Å². The second kappa shape index (κ2) is 15.0. The number of halogens is 1. The molecule has 0 N–H and O–H groups in total. The quantitative estimate of drug-likeness (QED) is 0.139. The highest BCUT2D eigenvalue weighted by atomic mass is 19.1. The molecule has 1 aromatic rings. The molecule has 30 heavy (non-hydrogen) atoms. The maximum Gasteiger partial charge on any atom is 0.148 e. The molecule has 0 fully saturated rings. The number of carbonyl (C=O) groups excluding carboxylic acids is 1. The van der Waals surface area contributed by atoms with Crippen molar-refractivity contribution < 1.29 is 9.18 Å². The van der Waals surface area contributed by atoms with Crippen molar-refractivity contribution in [2.24, 2.45) is 4.99 Å². The predicted molar refractivity (Wildman–Crippen MR) is 129 cm³/mol. The Labute approximate surface area is 183 Å². The second-order valence-electron chi connectivity index (χ2n) is 8.23. The summed E-state index contributed by atoms with van der Waals surface area (Å²) in [5.74, 6) is 0.589. The molecule has 1 atom stereocenters. The van der Waals surface area contributed by atoms with Gasteiger partial charge in [-0.2, -0.15) is 0 Å². The van der Waals surface area contributed by atoms with Crippen LogP contribution < -0.4 is 9.80 Å². The molecule has 1 rings (SSSR count). The molecule has 1 unspecified atom stereocenters. The summed E-state index contributed by atoms with van der Waals surface area (Å²) >= 11 is 0. The van der Waals surface area contributed by atoms with E-state index in [4.69, 9.17) is 0 Å². The lowest BCUT2D eigenvalue weighted by atomic mass is 10.1. The lowest BCUT2D eigenvalue weighted by Crippen LogP contribution is -2.28. The topological polar surface area (TPSA) is 35.9 Å². The zero-order valence-corrected chi connectivity index (χ0v) is 19.8. The van der Waals surface area contributed by atoms with Crippen LogP contribution in [0.4, 0.5) is 15.8 Å². The summed E-state index contributed by atoms with van der Waals surface area (Å²) in [6.07, 6.45) is 10.7. The summed E-state index contributed by atoms with van der Waals surface area (Å²) in [6.45, 7) is 10.0. The van der Waals surface area contributed by atoms with E-state index in [1.54, 1.807) is 6.07 Å². The number of hydrogen-bond acceptors (Lipinski definition) is 3. The number of carbonyl (C=O) groups is 1. The van der Waals surface area contributed by atoms with Crippen LogP contribution in [-0.2, 0) is 4.79 Å². The molecule has 0 saturated heterocycles. The van der Waals surface area contributed by atoms with Crippen LogP contribution in [0.25, 0.3) is 0 Å². The number of hydrogen-bond donors (Lipinski definition) is 0. The fourth-order valence-corrected chi connectivity index (χ4v) is 3.56. The Hall–Kier alpha value is -1.91. The number of aldehydes is 1. The Bertz CT molecular complexity index is 635. The van der Waals surface area contributed by atoms with E-state index in [1.807, 2.05) is 37.9 Å². The summed E-state index contributed by atoms with van der Waals surface area (Å²) in [6, 6.07) is 5.40. The van der Waals surface area contributed by atoms with Gasteiger partial charge >= 0.3 is 0 Å². The van der Waals surface area contributed by atoms with Gasteiger partial charge in [-0.1, -0.05) is 52.4 Å². The van der Waals surface area contributed by atoms with Crippen LogP contribution >= 0.6 is 0 Å². The van der Waals surface area contributed by atoms with E-state index in [-0.39, 0.29) is 11.9 Å². The van der Waals surface area contributed by atoms with E-state index in [0.717, 1.165) is 43.7 Å². The van der Waals surface area contributed by atoms with E-state index in [0.29, 0.717) is 12.1 Å². The summed E-state index contributed by atoms with van der Waals surface area (Å²) in [5.41, 5.74) is 1.47. The van der Waals surface area contributed by atoms with E-state index in [2.05, 4.69) is 23.7 Å². The van der Waals surface area contributed by atoms with Gasteiger partial charge in [0.1, 0.15) is 17.9 Å². The Kier molecular flexibility index (Phi) is 13.0. The zero-order chi connectivity index (χ0) is 22.4. The van der Waals surface area contributed by atoms with E-state index in [1.165, 1.54) is 38.5 Å². The maximum atomic E-state index is 15.1. The van der Waals surface area contributed by atoms with Crippen molar-refractivity contribution in [3.8, 4) is 0 Å². The van der Waals surface area contributed by atoms with Gasteiger partial charge in [0.05, 0.1) is 11.7 Å². The fourth-order valence-electron chi connectivity index (χ4n) is 3.56. The van der Waals surface area contributed by atoms with Crippen molar-refractivity contribution in [1.82, 2.24) is 0 Å². The van der Waals surface area contributed by atoms with Crippen molar-refractivity contribution in [2.75, 3.05) is 29.9 Å². The monoisotopic (exact) mass is 419 g/mol. The minimum absolute atomic E-state index is 0.0733. The Morgan fingerprint density at radius 2 is 1.67 bits per heavy atom. The average molecular weight is 420 g/mol. The van der Waals surface area contributed by atoms with Gasteiger partial charge in [0.15, 0.2) is 0 Å². The maximum absolute atomic E-state index is 15.1. The van der Waals surface area contributed by atoms with Gasteiger partial charge in [-0.25, -0.2) is 4.39 Å². The number of benzene rings is 1. The Morgan fingerprint density at radius 1 is 1.07 bits per heavy atom. The number of anilines is 2. The number of amidine groups is 1. The third-order valence-corrected chi connectivity index (χ3v) is 5.55. The first-order chi connectivity index (χ1) is 14.4. The van der Waals surface area contributed by atoms with Gasteiger partial charge in [-0.15, -0.1) is 0 Å². The summed E-state index contributed by atoms with van der Waals surface area (Å²) in [7, 11) is 1.88. The van der Waals surface area contributed by atoms with Crippen LogP contribution in [0, 0.1) is 5.82 Å². The van der Waals surface area contributed by atoms with Gasteiger partial charge < -0.3 is 14.6 Å². The van der Waals surface area contributed by atoms with Crippen molar-refractivity contribution in [1.29, 1.82) is 0 Å². The zero-order valence-electron chi connectivity index (χ0n) is 19.8. The highest BCUT2D eigenvalue weighted by Gasteiger charge is 2.14. The molecule has 0 aromatic heterocycles. The first-order valence-electron chi connectivity index (χ1n) is 11.7. The lowest BCUT2D eigenvalue weighted by Gasteiger charge is -2.27. The van der Waals surface area contributed by atoms with E-state index in [9.17, 15) is 4.79 Å². The first-order valence-corrected chi connectivity index (χ1v) is 11.7. The summed E-state index contributed by atoms with van der Waals surface area (Å²) in [5, 5.41) is 0. The van der Waals surface area contributed by atoms with E-state index < -0.39 is 0 Å². The van der Waals surface area contributed by atoms with Gasteiger partial charge in [0.25, 0.3) is 0 Å². The minimum Gasteiger partial charge on any atom is -0.369 e. The molecule has 0 bridgehead atoms. The number of nitrogens with zero attached hydrogens (tertiary/aromatic N) is 3. The molecule has 0 saturated carbocycles. The number of unbranched alkanes of at least 4 members (excludes halogenated alkanes) is 6. The van der Waals surface area contributed by atoms with Crippen LogP contribution in [0.5, 0.6) is 0 Å². The second-order valence-corrected chi connectivity index (χ2v) is 8.23. The summed E-state index contributed by atoms with van der Waals surface area (Å²) in [4.78, 5) is 19.3. The average Bonchev–Trinajstić information content (AvgIpc) is 2.72. The summed E-state index contributed by atoms with van der Waals surface area (Å²) < 4.78 is 15.1. The fraction of sp³-hybridized carbons (Fsp3) is 0.680. The van der Waals surface area contributed by atoms with E-state index >= 15 is 4.39 Å². The SMILES string of the molecule is CCCCCCN(CCCCCC)c1ccc(N(C)C(C)=NC(C)CC=O)cc1F. The normalized spacial score (nSPS) is 12.7. The molecule has 0 aliphatic carbocycles. The molecule has 0 aliphatic rings. The molecule has 5 heteroatoms. The highest BCUT2D eigenvalue weighted by molar-refractivity contribution is 5.95. The van der Waals surface area contributed by atoms with Crippen molar-refractivity contribution in [3.63, 3.8) is 0 Å². The highest BCUT2D eigenvalue weighted by Crippen LogP contribution is 2.26. The molecule has 0 radical (unpaired) electrons. The van der Waals surface area contributed by atoms with Gasteiger partial charge in [-0.3, -0.25) is 4.99 Å². The van der Waals surface area contributed by atoms with Crippen molar-refractivity contribution in [2.45, 2.75) is 91.5 Å². The third-order valence-electron chi connectivity index (χ3n) is 5.55. The molecular formula is C25H42FN3O. The van der Waals surface area contributed by atoms with Crippen LogP contribution in [-0.4, -0.2) is 38.3 Å². The molecule has 0 amide bonds. The largest absolute Gasteiger partial charge is 0.369 e. The molecule has 0 spiro atoms. The van der Waals surface area contributed by atoms with Crippen molar-refractivity contribution in [3.05, 3.63) is 24.0 Å². The first kappa shape index (κ1) is 26.1. The molecule has 4 nitrogen and oxygen atoms in total. The van der Waals surface area contributed by atoms with Gasteiger partial charge in [-0.05, 0) is 44.9 Å². The van der Waals surface area contributed by atoms with Crippen LogP contribution in [0.2, 0.25) is 0 Å². The minimum atomic E-state index is -0.181. The molecule has 1 aromatic carbocycles. The standard InChI is InChI=1S/C25H42FN3O/c1-6-8-10-12-17-29(18-13-11-9-7-2)25-15-14-23(20-24(25)26)28(5)22(4)27-21(3)16-19-30/h14-15,19-21H,6-13,16-18H2,1-5H3. The number of rotatable bonds is 15. The van der Waals surface area contributed by atoms with Gasteiger partial charge in [0, 0.05) is 32.2 Å². The van der Waals surface area contributed by atoms with Crippen molar-refractivity contribution >= 4 is 23.5 Å². The van der Waals surface area contributed by atoms with Gasteiger partial charge in [0.2, 0.25) is 0 Å². The lowest BCUT2D eigenvalue weighted by molar-refractivity contribution is -0.108. The Balaban J connectivity index is 2.91. The molecule has 0 heterocycles. The molecule has 0 aliphatic heterocycles. The third kappa shape index (κ3) is 9.27. The molecular weight excluding hydrogens is 377 g/mol.